The molecule has 3 rings (SSSR count). The van der Waals surface area contributed by atoms with Gasteiger partial charge in [0.15, 0.2) is 6.61 Å². The fourth-order valence-electron chi connectivity index (χ4n) is 2.52. The number of nitrogens with one attached hydrogen (secondary N) is 1. The summed E-state index contributed by atoms with van der Waals surface area (Å²) < 4.78 is 11.5. The second kappa shape index (κ2) is 5.63. The number of benzene rings is 1. The van der Waals surface area contributed by atoms with E-state index in [0.29, 0.717) is 18.4 Å². The van der Waals surface area contributed by atoms with Crippen LogP contribution in [0.25, 0.3) is 0 Å². The molecular formula is C15H19N3O2. The Kier molecular flexibility index (Phi) is 3.69. The minimum absolute atomic E-state index is 0.205. The zero-order chi connectivity index (χ0) is 13.9. The van der Waals surface area contributed by atoms with Crippen molar-refractivity contribution in [2.75, 3.05) is 6.54 Å². The molecule has 2 aromatic rings. The van der Waals surface area contributed by atoms with Gasteiger partial charge in [-0.25, -0.2) is 0 Å². The number of rotatable bonds is 4. The Bertz CT molecular complexity index is 568. The van der Waals surface area contributed by atoms with Crippen LogP contribution in [-0.2, 0) is 6.61 Å². The normalized spacial score (nSPS) is 18.4. The summed E-state index contributed by atoms with van der Waals surface area (Å²) in [5, 5.41) is 11.5. The Balaban J connectivity index is 1.66. The van der Waals surface area contributed by atoms with Crippen molar-refractivity contribution < 1.29 is 9.15 Å². The van der Waals surface area contributed by atoms with Crippen LogP contribution in [0.2, 0.25) is 0 Å². The van der Waals surface area contributed by atoms with Crippen molar-refractivity contribution in [3.8, 4) is 5.75 Å². The van der Waals surface area contributed by atoms with Crippen molar-refractivity contribution in [3.05, 3.63) is 41.1 Å². The first-order valence-electron chi connectivity index (χ1n) is 6.98. The second-order valence-electron chi connectivity index (χ2n) is 5.19. The second-order valence-corrected chi connectivity index (χ2v) is 5.19. The van der Waals surface area contributed by atoms with E-state index in [9.17, 15) is 0 Å². The van der Waals surface area contributed by atoms with Crippen molar-refractivity contribution >= 4 is 0 Å². The Hall–Kier alpha value is -1.88. The zero-order valence-corrected chi connectivity index (χ0v) is 11.8. The predicted octanol–water partition coefficient (Wildman–Crippen LogP) is 2.69. The van der Waals surface area contributed by atoms with Gasteiger partial charge in [0.05, 0.1) is 6.04 Å². The SMILES string of the molecule is Cc1cccc(C)c1OCc1nnc(C2CCCN2)o1. The highest BCUT2D eigenvalue weighted by Gasteiger charge is 2.22. The number of para-hydroxylation sites is 1. The van der Waals surface area contributed by atoms with E-state index >= 15 is 0 Å². The highest BCUT2D eigenvalue weighted by Crippen LogP contribution is 2.24. The van der Waals surface area contributed by atoms with Crippen molar-refractivity contribution in [2.24, 2.45) is 0 Å². The fourth-order valence-corrected chi connectivity index (χ4v) is 2.52. The molecule has 1 atom stereocenters. The van der Waals surface area contributed by atoms with Crippen LogP contribution < -0.4 is 10.1 Å². The number of nitrogens with zero attached hydrogens (tertiary/aromatic N) is 2. The summed E-state index contributed by atoms with van der Waals surface area (Å²) in [5.74, 6) is 2.09. The molecular weight excluding hydrogens is 254 g/mol. The molecule has 106 valence electrons. The van der Waals surface area contributed by atoms with Gasteiger partial charge in [-0.15, -0.1) is 10.2 Å². The molecule has 1 N–H and O–H groups in total. The molecule has 1 saturated heterocycles. The van der Waals surface area contributed by atoms with E-state index in [-0.39, 0.29) is 6.04 Å². The molecule has 20 heavy (non-hydrogen) atoms. The first-order chi connectivity index (χ1) is 9.74. The molecule has 2 heterocycles. The maximum Gasteiger partial charge on any atom is 0.253 e. The van der Waals surface area contributed by atoms with E-state index in [4.69, 9.17) is 9.15 Å². The molecule has 1 aliphatic rings. The number of hydrogen-bond donors (Lipinski definition) is 1. The summed E-state index contributed by atoms with van der Waals surface area (Å²) in [7, 11) is 0. The van der Waals surface area contributed by atoms with E-state index in [2.05, 4.69) is 15.5 Å². The molecule has 1 fully saturated rings. The van der Waals surface area contributed by atoms with Gasteiger partial charge in [0.1, 0.15) is 5.75 Å². The third kappa shape index (κ3) is 2.67. The quantitative estimate of drug-likeness (QED) is 0.928. The van der Waals surface area contributed by atoms with Gasteiger partial charge in [0.2, 0.25) is 5.89 Å². The lowest BCUT2D eigenvalue weighted by molar-refractivity contribution is 0.252. The average molecular weight is 273 g/mol. The molecule has 1 aromatic carbocycles. The van der Waals surface area contributed by atoms with E-state index in [1.807, 2.05) is 32.0 Å². The smallest absolute Gasteiger partial charge is 0.253 e. The molecule has 5 heteroatoms. The van der Waals surface area contributed by atoms with Gasteiger partial charge in [0.25, 0.3) is 5.89 Å². The van der Waals surface area contributed by atoms with Crippen LogP contribution in [-0.4, -0.2) is 16.7 Å². The van der Waals surface area contributed by atoms with Gasteiger partial charge in [-0.1, -0.05) is 18.2 Å². The Labute approximate surface area is 118 Å². The van der Waals surface area contributed by atoms with Crippen LogP contribution in [0.1, 0.15) is 41.8 Å². The Morgan fingerprint density at radius 3 is 2.80 bits per heavy atom. The number of ether oxygens (including phenoxy) is 1. The predicted molar refractivity (Wildman–Crippen MR) is 74.5 cm³/mol. The van der Waals surface area contributed by atoms with E-state index in [1.165, 1.54) is 0 Å². The minimum atomic E-state index is 0.205. The largest absolute Gasteiger partial charge is 0.483 e. The average Bonchev–Trinajstić information content (AvgIpc) is 3.09. The molecule has 0 saturated carbocycles. The molecule has 1 aliphatic heterocycles. The summed E-state index contributed by atoms with van der Waals surface area (Å²) in [6.07, 6.45) is 2.21. The number of aromatic nitrogens is 2. The third-order valence-corrected chi connectivity index (χ3v) is 3.59. The molecule has 0 radical (unpaired) electrons. The highest BCUT2D eigenvalue weighted by atomic mass is 16.5. The van der Waals surface area contributed by atoms with Crippen LogP contribution in [0.4, 0.5) is 0 Å². The summed E-state index contributed by atoms with van der Waals surface area (Å²) in [6.45, 7) is 5.39. The number of hydrogen-bond acceptors (Lipinski definition) is 5. The van der Waals surface area contributed by atoms with Gasteiger partial charge < -0.3 is 14.5 Å². The van der Waals surface area contributed by atoms with Crippen LogP contribution in [0, 0.1) is 13.8 Å². The van der Waals surface area contributed by atoms with Crippen LogP contribution in [0.5, 0.6) is 5.75 Å². The molecule has 5 nitrogen and oxygen atoms in total. The lowest BCUT2D eigenvalue weighted by Gasteiger charge is -2.09. The maximum absolute atomic E-state index is 5.81. The van der Waals surface area contributed by atoms with Gasteiger partial charge in [-0.05, 0) is 44.4 Å². The topological polar surface area (TPSA) is 60.2 Å². The molecule has 1 unspecified atom stereocenters. The van der Waals surface area contributed by atoms with E-state index in [1.54, 1.807) is 0 Å². The Morgan fingerprint density at radius 1 is 1.30 bits per heavy atom. The lowest BCUT2D eigenvalue weighted by Crippen LogP contribution is -2.12. The maximum atomic E-state index is 5.81. The Morgan fingerprint density at radius 2 is 2.10 bits per heavy atom. The highest BCUT2D eigenvalue weighted by molar-refractivity contribution is 5.39. The fraction of sp³-hybridized carbons (Fsp3) is 0.467. The molecule has 0 aliphatic carbocycles. The monoisotopic (exact) mass is 273 g/mol. The molecule has 0 spiro atoms. The summed E-state index contributed by atoms with van der Waals surface area (Å²) in [6, 6.07) is 6.29. The van der Waals surface area contributed by atoms with Crippen molar-refractivity contribution in [3.63, 3.8) is 0 Å². The van der Waals surface area contributed by atoms with E-state index < -0.39 is 0 Å². The lowest BCUT2D eigenvalue weighted by atomic mass is 10.1. The molecule has 0 bridgehead atoms. The summed E-state index contributed by atoms with van der Waals surface area (Å²) in [5.41, 5.74) is 2.23. The van der Waals surface area contributed by atoms with Crippen molar-refractivity contribution in [1.82, 2.24) is 15.5 Å². The van der Waals surface area contributed by atoms with E-state index in [0.717, 1.165) is 36.3 Å². The van der Waals surface area contributed by atoms with Crippen LogP contribution in [0.15, 0.2) is 22.6 Å². The summed E-state index contributed by atoms with van der Waals surface area (Å²) in [4.78, 5) is 0. The van der Waals surface area contributed by atoms with Gasteiger partial charge in [-0.2, -0.15) is 0 Å². The molecule has 1 aromatic heterocycles. The van der Waals surface area contributed by atoms with Gasteiger partial charge in [0, 0.05) is 0 Å². The molecule has 0 amide bonds. The number of aryl methyl sites for hydroxylation is 2. The van der Waals surface area contributed by atoms with Gasteiger partial charge in [-0.3, -0.25) is 0 Å². The van der Waals surface area contributed by atoms with Crippen molar-refractivity contribution in [2.45, 2.75) is 39.3 Å². The van der Waals surface area contributed by atoms with Crippen LogP contribution in [0.3, 0.4) is 0 Å². The van der Waals surface area contributed by atoms with Crippen molar-refractivity contribution in [1.29, 1.82) is 0 Å². The minimum Gasteiger partial charge on any atom is -0.483 e. The zero-order valence-electron chi connectivity index (χ0n) is 11.8. The standard InChI is InChI=1S/C15H19N3O2/c1-10-5-3-6-11(2)14(10)19-9-13-17-18-15(20-13)12-7-4-8-16-12/h3,5-6,12,16H,4,7-9H2,1-2H3. The first-order valence-corrected chi connectivity index (χ1v) is 6.98. The van der Waals surface area contributed by atoms with Gasteiger partial charge >= 0.3 is 0 Å². The third-order valence-electron chi connectivity index (χ3n) is 3.59. The first kappa shape index (κ1) is 13.1. The van der Waals surface area contributed by atoms with Crippen LogP contribution >= 0.6 is 0 Å². The summed E-state index contributed by atoms with van der Waals surface area (Å²) >= 11 is 0.